The summed E-state index contributed by atoms with van der Waals surface area (Å²) in [6, 6.07) is 6.85. The normalized spacial score (nSPS) is 12.0. The molecule has 0 fully saturated rings. The molecule has 0 aliphatic heterocycles. The van der Waals surface area contributed by atoms with Crippen LogP contribution >= 0.6 is 11.3 Å². The van der Waals surface area contributed by atoms with Crippen LogP contribution in [0.25, 0.3) is 4.96 Å². The van der Waals surface area contributed by atoms with Gasteiger partial charge in [-0.2, -0.15) is 0 Å². The molecule has 2 aromatic heterocycles. The van der Waals surface area contributed by atoms with E-state index in [9.17, 15) is 9.59 Å². The van der Waals surface area contributed by atoms with Gasteiger partial charge >= 0.3 is 0 Å². The largest absolute Gasteiger partial charge is 0.490 e. The number of carbonyl (C=O) groups is 1. The Morgan fingerprint density at radius 1 is 1.21 bits per heavy atom. The summed E-state index contributed by atoms with van der Waals surface area (Å²) >= 11 is 1.41. The molecule has 2 heterocycles. The van der Waals surface area contributed by atoms with E-state index in [2.05, 4.69) is 10.3 Å². The number of quaternary nitrogens is 1. The SMILES string of the molecule is CCOc1ccc(NC(=O)C[NH+](C)Cc2cc(=O)n3ccsc3n2)cc1OCC. The molecule has 0 saturated carbocycles. The molecule has 0 aliphatic carbocycles. The number of amides is 1. The molecule has 3 rings (SSSR count). The molecule has 0 bridgehead atoms. The van der Waals surface area contributed by atoms with Gasteiger partial charge in [-0.25, -0.2) is 4.98 Å². The summed E-state index contributed by atoms with van der Waals surface area (Å²) in [5.41, 5.74) is 1.20. The van der Waals surface area contributed by atoms with E-state index in [0.717, 1.165) is 4.90 Å². The maximum Gasteiger partial charge on any atom is 0.279 e. The molecule has 1 atom stereocenters. The van der Waals surface area contributed by atoms with Gasteiger partial charge in [-0.1, -0.05) is 0 Å². The number of thiazole rings is 1. The number of benzene rings is 1. The third-order valence-corrected chi connectivity index (χ3v) is 4.89. The van der Waals surface area contributed by atoms with E-state index in [4.69, 9.17) is 9.47 Å². The molecule has 9 heteroatoms. The maximum absolute atomic E-state index is 12.4. The van der Waals surface area contributed by atoms with Crippen molar-refractivity contribution in [1.82, 2.24) is 9.38 Å². The van der Waals surface area contributed by atoms with Crippen LogP contribution in [0.3, 0.4) is 0 Å². The van der Waals surface area contributed by atoms with Crippen molar-refractivity contribution >= 4 is 27.9 Å². The summed E-state index contributed by atoms with van der Waals surface area (Å²) in [4.78, 5) is 30.6. The van der Waals surface area contributed by atoms with E-state index in [-0.39, 0.29) is 18.0 Å². The lowest BCUT2D eigenvalue weighted by Gasteiger charge is -2.15. The van der Waals surface area contributed by atoms with E-state index in [1.807, 2.05) is 26.3 Å². The van der Waals surface area contributed by atoms with Crippen LogP contribution in [0.4, 0.5) is 5.69 Å². The third kappa shape index (κ3) is 5.33. The highest BCUT2D eigenvalue weighted by molar-refractivity contribution is 7.15. The molecule has 1 aromatic carbocycles. The van der Waals surface area contributed by atoms with E-state index in [1.165, 1.54) is 21.8 Å². The lowest BCUT2D eigenvalue weighted by molar-refractivity contribution is -0.885. The maximum atomic E-state index is 12.4. The van der Waals surface area contributed by atoms with Crippen LogP contribution in [0, 0.1) is 0 Å². The van der Waals surface area contributed by atoms with Crippen molar-refractivity contribution in [3.05, 3.63) is 51.9 Å². The van der Waals surface area contributed by atoms with Crippen molar-refractivity contribution in [2.75, 3.05) is 32.1 Å². The number of rotatable bonds is 9. The topological polar surface area (TPSA) is 86.4 Å². The second kappa shape index (κ2) is 9.53. The molecule has 1 amide bonds. The summed E-state index contributed by atoms with van der Waals surface area (Å²) in [7, 11) is 1.89. The minimum atomic E-state index is -0.136. The fourth-order valence-electron chi connectivity index (χ4n) is 2.96. The van der Waals surface area contributed by atoms with Crippen molar-refractivity contribution in [3.63, 3.8) is 0 Å². The van der Waals surface area contributed by atoms with Crippen LogP contribution in [-0.4, -0.2) is 42.1 Å². The van der Waals surface area contributed by atoms with Crippen LogP contribution in [0.2, 0.25) is 0 Å². The van der Waals surface area contributed by atoms with Crippen molar-refractivity contribution < 1.29 is 19.2 Å². The molecule has 1 unspecified atom stereocenters. The van der Waals surface area contributed by atoms with E-state index < -0.39 is 0 Å². The lowest BCUT2D eigenvalue weighted by Crippen LogP contribution is -3.08. The Morgan fingerprint density at radius 2 is 1.97 bits per heavy atom. The van der Waals surface area contributed by atoms with Gasteiger partial charge < -0.3 is 19.7 Å². The number of hydrogen-bond acceptors (Lipinski definition) is 6. The van der Waals surface area contributed by atoms with Gasteiger partial charge in [-0.15, -0.1) is 11.3 Å². The number of anilines is 1. The summed E-state index contributed by atoms with van der Waals surface area (Å²) in [5, 5.41) is 4.71. The molecule has 0 radical (unpaired) electrons. The summed E-state index contributed by atoms with van der Waals surface area (Å²) in [6.07, 6.45) is 1.70. The molecule has 2 N–H and O–H groups in total. The van der Waals surface area contributed by atoms with Crippen molar-refractivity contribution in [1.29, 1.82) is 0 Å². The van der Waals surface area contributed by atoms with Crippen molar-refractivity contribution in [2.24, 2.45) is 0 Å². The van der Waals surface area contributed by atoms with Gasteiger partial charge in [0, 0.05) is 29.4 Å². The average molecular weight is 418 g/mol. The van der Waals surface area contributed by atoms with Gasteiger partial charge in [0.25, 0.3) is 11.5 Å². The Labute approximate surface area is 172 Å². The quantitative estimate of drug-likeness (QED) is 0.547. The first-order valence-corrected chi connectivity index (χ1v) is 10.3. The van der Waals surface area contributed by atoms with E-state index in [0.29, 0.717) is 47.6 Å². The van der Waals surface area contributed by atoms with Crippen LogP contribution in [0.5, 0.6) is 11.5 Å². The molecule has 0 aliphatic rings. The zero-order valence-electron chi connectivity index (χ0n) is 16.7. The highest BCUT2D eigenvalue weighted by Crippen LogP contribution is 2.30. The van der Waals surface area contributed by atoms with Gasteiger partial charge in [-0.3, -0.25) is 14.0 Å². The predicted octanol–water partition coefficient (Wildman–Crippen LogP) is 1.21. The summed E-state index contributed by atoms with van der Waals surface area (Å²) in [6.45, 7) is 5.56. The fourth-order valence-corrected chi connectivity index (χ4v) is 3.70. The minimum absolute atomic E-state index is 0.110. The minimum Gasteiger partial charge on any atom is -0.490 e. The average Bonchev–Trinajstić information content (AvgIpc) is 3.13. The van der Waals surface area contributed by atoms with Crippen LogP contribution < -0.4 is 25.2 Å². The molecule has 154 valence electrons. The van der Waals surface area contributed by atoms with E-state index >= 15 is 0 Å². The van der Waals surface area contributed by atoms with E-state index in [1.54, 1.807) is 24.4 Å². The standard InChI is InChI=1S/C20H24N4O4S/c1-4-27-16-7-6-14(10-17(16)28-5-2)21-18(25)13-23(3)12-15-11-19(26)24-8-9-29-20(24)22-15/h6-11H,4-5,12-13H2,1-3H3,(H,21,25)/p+1. The Kier molecular flexibility index (Phi) is 6.84. The fraction of sp³-hybridized carbons (Fsp3) is 0.350. The Balaban J connectivity index is 1.62. The number of aromatic nitrogens is 2. The number of ether oxygens (including phenoxy) is 2. The third-order valence-electron chi connectivity index (χ3n) is 4.13. The zero-order chi connectivity index (χ0) is 20.8. The smallest absolute Gasteiger partial charge is 0.279 e. The van der Waals surface area contributed by atoms with Crippen molar-refractivity contribution in [2.45, 2.75) is 20.4 Å². The number of carbonyl (C=O) groups excluding carboxylic acids is 1. The first kappa shape index (κ1) is 20.8. The Bertz CT molecular complexity index is 1050. The molecule has 29 heavy (non-hydrogen) atoms. The number of likely N-dealkylation sites (N-methyl/N-ethyl adjacent to an activating group) is 1. The number of fused-ring (bicyclic) bond motifs is 1. The van der Waals surface area contributed by atoms with Crippen molar-refractivity contribution in [3.8, 4) is 11.5 Å². The summed E-state index contributed by atoms with van der Waals surface area (Å²) in [5.74, 6) is 1.11. The first-order chi connectivity index (χ1) is 14.0. The van der Waals surface area contributed by atoms with Gasteiger partial charge in [0.2, 0.25) is 0 Å². The molecule has 0 spiro atoms. The van der Waals surface area contributed by atoms with Gasteiger partial charge in [-0.05, 0) is 26.0 Å². The second-order valence-corrected chi connectivity index (χ2v) is 7.40. The highest BCUT2D eigenvalue weighted by atomic mass is 32.1. The number of nitrogens with zero attached hydrogens (tertiary/aromatic N) is 2. The zero-order valence-corrected chi connectivity index (χ0v) is 17.5. The van der Waals surface area contributed by atoms with Crippen LogP contribution in [0.15, 0.2) is 40.6 Å². The molecular weight excluding hydrogens is 392 g/mol. The molecular formula is C20H25N4O4S+. The van der Waals surface area contributed by atoms with Gasteiger partial charge in [0.15, 0.2) is 23.0 Å². The van der Waals surface area contributed by atoms with Crippen LogP contribution in [0.1, 0.15) is 19.5 Å². The van der Waals surface area contributed by atoms with Gasteiger partial charge in [0.1, 0.15) is 12.2 Å². The molecule has 8 nitrogen and oxygen atoms in total. The van der Waals surface area contributed by atoms with Crippen LogP contribution in [-0.2, 0) is 11.3 Å². The lowest BCUT2D eigenvalue weighted by atomic mass is 10.2. The Hall–Kier alpha value is -2.91. The first-order valence-electron chi connectivity index (χ1n) is 9.46. The predicted molar refractivity (Wildman–Crippen MR) is 112 cm³/mol. The monoisotopic (exact) mass is 417 g/mol. The molecule has 0 saturated heterocycles. The number of nitrogens with one attached hydrogen (secondary N) is 2. The molecule has 3 aromatic rings. The summed E-state index contributed by atoms with van der Waals surface area (Å²) < 4.78 is 12.6. The van der Waals surface area contributed by atoms with Gasteiger partial charge in [0.05, 0.1) is 20.3 Å². The second-order valence-electron chi connectivity index (χ2n) is 6.53. The highest BCUT2D eigenvalue weighted by Gasteiger charge is 2.14. The Morgan fingerprint density at radius 3 is 2.72 bits per heavy atom. The number of hydrogen-bond donors (Lipinski definition) is 2.